The van der Waals surface area contributed by atoms with E-state index < -0.39 is 0 Å². The first-order chi connectivity index (χ1) is 9.74. The van der Waals surface area contributed by atoms with Crippen molar-refractivity contribution in [2.75, 3.05) is 0 Å². The second-order valence-electron chi connectivity index (χ2n) is 4.47. The third-order valence-corrected chi connectivity index (χ3v) is 3.24. The Hall–Kier alpha value is -2.26. The summed E-state index contributed by atoms with van der Waals surface area (Å²) in [5, 5.41) is 4.74. The molecule has 0 radical (unpaired) electrons. The molecular formula is C16H13ClN2O. The lowest BCUT2D eigenvalue weighted by Gasteiger charge is -2.06. The fourth-order valence-corrected chi connectivity index (χ4v) is 2.17. The summed E-state index contributed by atoms with van der Waals surface area (Å²) in [5.41, 5.74) is 2.07. The van der Waals surface area contributed by atoms with E-state index in [9.17, 15) is 0 Å². The van der Waals surface area contributed by atoms with E-state index in [-0.39, 0.29) is 0 Å². The third kappa shape index (κ3) is 2.53. The molecule has 0 aliphatic carbocycles. The Bertz CT molecular complexity index is 722. The molecule has 20 heavy (non-hydrogen) atoms. The highest BCUT2D eigenvalue weighted by atomic mass is 35.5. The normalized spacial score (nSPS) is 10.5. The van der Waals surface area contributed by atoms with Crippen LogP contribution in [0.4, 0.5) is 0 Å². The minimum absolute atomic E-state index is 0.458. The summed E-state index contributed by atoms with van der Waals surface area (Å²) in [6.07, 6.45) is 1.62. The van der Waals surface area contributed by atoms with Gasteiger partial charge in [-0.3, -0.25) is 0 Å². The highest BCUT2D eigenvalue weighted by molar-refractivity contribution is 6.31. The van der Waals surface area contributed by atoms with Crippen LogP contribution in [0.25, 0.3) is 5.69 Å². The molecule has 1 heterocycles. The van der Waals surface area contributed by atoms with Crippen LogP contribution in [-0.4, -0.2) is 9.78 Å². The van der Waals surface area contributed by atoms with Crippen LogP contribution in [0.1, 0.15) is 5.56 Å². The van der Waals surface area contributed by atoms with Gasteiger partial charge >= 0.3 is 0 Å². The van der Waals surface area contributed by atoms with Gasteiger partial charge in [0.05, 0.1) is 11.9 Å². The quantitative estimate of drug-likeness (QED) is 0.701. The number of halogens is 1. The van der Waals surface area contributed by atoms with Gasteiger partial charge < -0.3 is 4.74 Å². The molecule has 0 atom stereocenters. The van der Waals surface area contributed by atoms with Gasteiger partial charge in [-0.05, 0) is 36.8 Å². The van der Waals surface area contributed by atoms with Crippen LogP contribution in [0.2, 0.25) is 5.15 Å². The molecule has 0 N–H and O–H groups in total. The Balaban J connectivity index is 1.93. The number of rotatable bonds is 3. The Morgan fingerprint density at radius 1 is 1.05 bits per heavy atom. The highest BCUT2D eigenvalue weighted by Crippen LogP contribution is 2.30. The molecule has 0 saturated carbocycles. The van der Waals surface area contributed by atoms with Crippen LogP contribution in [0, 0.1) is 6.92 Å². The first kappa shape index (κ1) is 12.8. The topological polar surface area (TPSA) is 27.1 Å². The van der Waals surface area contributed by atoms with Gasteiger partial charge in [0, 0.05) is 0 Å². The Kier molecular flexibility index (Phi) is 3.44. The van der Waals surface area contributed by atoms with E-state index in [0.717, 1.165) is 17.0 Å². The van der Waals surface area contributed by atoms with E-state index >= 15 is 0 Å². The molecule has 0 fully saturated rings. The number of aryl methyl sites for hydroxylation is 1. The molecule has 3 rings (SSSR count). The van der Waals surface area contributed by atoms with Crippen molar-refractivity contribution < 1.29 is 4.74 Å². The summed E-state index contributed by atoms with van der Waals surface area (Å²) in [4.78, 5) is 0. The Labute approximate surface area is 122 Å². The lowest BCUT2D eigenvalue weighted by Crippen LogP contribution is -1.96. The molecule has 4 heteroatoms. The van der Waals surface area contributed by atoms with Gasteiger partial charge in [-0.1, -0.05) is 41.9 Å². The minimum Gasteiger partial charge on any atom is -0.452 e. The van der Waals surface area contributed by atoms with E-state index in [0.29, 0.717) is 10.9 Å². The van der Waals surface area contributed by atoms with Crippen LogP contribution in [0.3, 0.4) is 0 Å². The van der Waals surface area contributed by atoms with Crippen LogP contribution >= 0.6 is 11.6 Å². The molecule has 3 aromatic rings. The average molecular weight is 285 g/mol. The van der Waals surface area contributed by atoms with E-state index in [1.807, 2.05) is 61.5 Å². The van der Waals surface area contributed by atoms with Crippen molar-refractivity contribution in [3.05, 3.63) is 71.5 Å². The SMILES string of the molecule is Cc1cccc(-n2ncc(Oc3ccccc3)c2Cl)c1. The highest BCUT2D eigenvalue weighted by Gasteiger charge is 2.12. The lowest BCUT2D eigenvalue weighted by atomic mass is 10.2. The smallest absolute Gasteiger partial charge is 0.184 e. The zero-order chi connectivity index (χ0) is 13.9. The largest absolute Gasteiger partial charge is 0.452 e. The number of benzene rings is 2. The summed E-state index contributed by atoms with van der Waals surface area (Å²) < 4.78 is 7.39. The van der Waals surface area contributed by atoms with Crippen LogP contribution in [0.15, 0.2) is 60.8 Å². The Morgan fingerprint density at radius 3 is 2.60 bits per heavy atom. The monoisotopic (exact) mass is 284 g/mol. The maximum atomic E-state index is 6.34. The maximum Gasteiger partial charge on any atom is 0.184 e. The summed E-state index contributed by atoms with van der Waals surface area (Å²) in [6, 6.07) is 17.5. The number of para-hydroxylation sites is 1. The van der Waals surface area contributed by atoms with Crippen molar-refractivity contribution in [1.29, 1.82) is 0 Å². The molecular weight excluding hydrogens is 272 g/mol. The first-order valence-electron chi connectivity index (χ1n) is 6.27. The molecule has 0 amide bonds. The molecule has 0 aliphatic heterocycles. The summed E-state index contributed by atoms with van der Waals surface area (Å²) in [7, 11) is 0. The van der Waals surface area contributed by atoms with Crippen molar-refractivity contribution in [1.82, 2.24) is 9.78 Å². The molecule has 3 nitrogen and oxygen atoms in total. The molecule has 0 spiro atoms. The number of ether oxygens (including phenoxy) is 1. The van der Waals surface area contributed by atoms with Crippen LogP contribution < -0.4 is 4.74 Å². The van der Waals surface area contributed by atoms with Gasteiger partial charge in [0.15, 0.2) is 10.9 Å². The van der Waals surface area contributed by atoms with Gasteiger partial charge in [0.25, 0.3) is 0 Å². The molecule has 0 saturated heterocycles. The van der Waals surface area contributed by atoms with Crippen LogP contribution in [0.5, 0.6) is 11.5 Å². The van der Waals surface area contributed by atoms with E-state index in [1.165, 1.54) is 0 Å². The van der Waals surface area contributed by atoms with E-state index in [2.05, 4.69) is 5.10 Å². The minimum atomic E-state index is 0.458. The predicted molar refractivity (Wildman–Crippen MR) is 79.8 cm³/mol. The fraction of sp³-hybridized carbons (Fsp3) is 0.0625. The van der Waals surface area contributed by atoms with Crippen molar-refractivity contribution in [2.24, 2.45) is 0 Å². The van der Waals surface area contributed by atoms with Crippen molar-refractivity contribution in [3.8, 4) is 17.2 Å². The molecule has 0 aliphatic rings. The Morgan fingerprint density at radius 2 is 1.85 bits per heavy atom. The second-order valence-corrected chi connectivity index (χ2v) is 4.82. The molecule has 0 unspecified atom stereocenters. The zero-order valence-corrected chi connectivity index (χ0v) is 11.7. The summed E-state index contributed by atoms with van der Waals surface area (Å²) >= 11 is 6.34. The predicted octanol–water partition coefficient (Wildman–Crippen LogP) is 4.63. The molecule has 0 bridgehead atoms. The van der Waals surface area contributed by atoms with Gasteiger partial charge in [0.2, 0.25) is 0 Å². The molecule has 100 valence electrons. The van der Waals surface area contributed by atoms with Gasteiger partial charge in [-0.2, -0.15) is 5.10 Å². The number of aromatic nitrogens is 2. The van der Waals surface area contributed by atoms with Crippen molar-refractivity contribution in [2.45, 2.75) is 6.92 Å². The molecule has 2 aromatic carbocycles. The number of hydrogen-bond acceptors (Lipinski definition) is 2. The van der Waals surface area contributed by atoms with Gasteiger partial charge in [0.1, 0.15) is 5.75 Å². The van der Waals surface area contributed by atoms with Crippen LogP contribution in [-0.2, 0) is 0 Å². The molecule has 1 aromatic heterocycles. The maximum absolute atomic E-state index is 6.34. The van der Waals surface area contributed by atoms with Crippen molar-refractivity contribution >= 4 is 11.6 Å². The standard InChI is InChI=1S/C16H13ClN2O/c1-12-6-5-7-13(10-12)19-16(17)15(11-18-19)20-14-8-3-2-4-9-14/h2-11H,1H3. The van der Waals surface area contributed by atoms with E-state index in [4.69, 9.17) is 16.3 Å². The summed E-state index contributed by atoms with van der Waals surface area (Å²) in [5.74, 6) is 1.28. The van der Waals surface area contributed by atoms with E-state index in [1.54, 1.807) is 10.9 Å². The fourth-order valence-electron chi connectivity index (χ4n) is 1.94. The average Bonchev–Trinajstić information content (AvgIpc) is 2.81. The number of hydrogen-bond donors (Lipinski definition) is 0. The van der Waals surface area contributed by atoms with Gasteiger partial charge in [-0.15, -0.1) is 0 Å². The van der Waals surface area contributed by atoms with Gasteiger partial charge in [-0.25, -0.2) is 4.68 Å². The lowest BCUT2D eigenvalue weighted by molar-refractivity contribution is 0.483. The zero-order valence-electron chi connectivity index (χ0n) is 11.0. The first-order valence-corrected chi connectivity index (χ1v) is 6.65. The third-order valence-electron chi connectivity index (χ3n) is 2.90. The number of nitrogens with zero attached hydrogens (tertiary/aromatic N) is 2. The van der Waals surface area contributed by atoms with Crippen molar-refractivity contribution in [3.63, 3.8) is 0 Å². The summed E-state index contributed by atoms with van der Waals surface area (Å²) in [6.45, 7) is 2.03. The second kappa shape index (κ2) is 5.39.